The number of hydrogen-bond acceptors (Lipinski definition) is 4. The molecule has 1 unspecified atom stereocenters. The Hall–Kier alpha value is -1.62. The van der Waals surface area contributed by atoms with Gasteiger partial charge < -0.3 is 16.0 Å². The van der Waals surface area contributed by atoms with Gasteiger partial charge in [-0.3, -0.25) is 9.78 Å². The van der Waals surface area contributed by atoms with E-state index >= 15 is 0 Å². The summed E-state index contributed by atoms with van der Waals surface area (Å²) in [7, 11) is 0. The van der Waals surface area contributed by atoms with Crippen molar-refractivity contribution in [3.05, 3.63) is 23.0 Å². The van der Waals surface area contributed by atoms with Crippen molar-refractivity contribution < 1.29 is 4.79 Å². The summed E-state index contributed by atoms with van der Waals surface area (Å²) in [6.07, 6.45) is 0. The summed E-state index contributed by atoms with van der Waals surface area (Å²) >= 11 is 0. The number of nitrogens with one attached hydrogen (secondary N) is 1. The maximum atomic E-state index is 11.7. The van der Waals surface area contributed by atoms with Gasteiger partial charge in [-0.25, -0.2) is 0 Å². The molecule has 1 aromatic rings. The third-order valence-electron chi connectivity index (χ3n) is 3.45. The smallest absolute Gasteiger partial charge is 0.242 e. The Morgan fingerprint density at radius 3 is 2.94 bits per heavy atom. The Kier molecular flexibility index (Phi) is 3.52. The predicted octanol–water partition coefficient (Wildman–Crippen LogP) is 0.482. The van der Waals surface area contributed by atoms with Crippen molar-refractivity contribution in [2.24, 2.45) is 5.73 Å². The van der Waals surface area contributed by atoms with E-state index in [0.29, 0.717) is 13.1 Å². The lowest BCUT2D eigenvalue weighted by Gasteiger charge is -2.36. The summed E-state index contributed by atoms with van der Waals surface area (Å²) in [4.78, 5) is 18.3. The summed E-state index contributed by atoms with van der Waals surface area (Å²) in [5.74, 6) is 0.0661. The van der Waals surface area contributed by atoms with Crippen LogP contribution in [0.1, 0.15) is 23.9 Å². The Morgan fingerprint density at radius 2 is 2.28 bits per heavy atom. The van der Waals surface area contributed by atoms with Gasteiger partial charge in [0.2, 0.25) is 5.91 Å². The van der Waals surface area contributed by atoms with Gasteiger partial charge in [-0.2, -0.15) is 0 Å². The van der Waals surface area contributed by atoms with Gasteiger partial charge >= 0.3 is 0 Å². The second-order valence-corrected chi connectivity index (χ2v) is 4.71. The molecule has 0 saturated carbocycles. The molecule has 0 radical (unpaired) electrons. The third kappa shape index (κ3) is 2.18. The highest BCUT2D eigenvalue weighted by atomic mass is 16.2. The van der Waals surface area contributed by atoms with E-state index in [-0.39, 0.29) is 11.9 Å². The maximum Gasteiger partial charge on any atom is 0.242 e. The topological polar surface area (TPSA) is 71.2 Å². The molecule has 1 aliphatic rings. The first kappa shape index (κ1) is 12.8. The molecule has 0 spiro atoms. The standard InChI is InChI=1S/C13H20N4O/c1-8-6-12(11(7-14)9(2)16-8)17-5-4-15-13(18)10(17)3/h6,10H,4-5,7,14H2,1-3H3,(H,15,18). The average molecular weight is 248 g/mol. The van der Waals surface area contributed by atoms with Crippen LogP contribution < -0.4 is 16.0 Å². The Balaban J connectivity index is 2.46. The van der Waals surface area contributed by atoms with E-state index < -0.39 is 0 Å². The van der Waals surface area contributed by atoms with E-state index in [4.69, 9.17) is 5.73 Å². The number of carbonyl (C=O) groups excluding carboxylic acids is 1. The lowest BCUT2D eigenvalue weighted by Crippen LogP contribution is -2.54. The third-order valence-corrected chi connectivity index (χ3v) is 3.45. The number of anilines is 1. The van der Waals surface area contributed by atoms with Crippen LogP contribution in [0.5, 0.6) is 0 Å². The van der Waals surface area contributed by atoms with Crippen molar-refractivity contribution in [3.8, 4) is 0 Å². The van der Waals surface area contributed by atoms with Gasteiger partial charge in [-0.05, 0) is 26.8 Å². The number of nitrogens with two attached hydrogens (primary N) is 1. The molecule has 1 fully saturated rings. The molecule has 1 amide bonds. The van der Waals surface area contributed by atoms with Crippen LogP contribution in [0.25, 0.3) is 0 Å². The molecule has 5 heteroatoms. The van der Waals surface area contributed by atoms with Crippen LogP contribution in [-0.2, 0) is 11.3 Å². The summed E-state index contributed by atoms with van der Waals surface area (Å²) in [5, 5.41) is 2.87. The minimum atomic E-state index is -0.162. The molecular weight excluding hydrogens is 228 g/mol. The van der Waals surface area contributed by atoms with Crippen LogP contribution in [-0.4, -0.2) is 30.0 Å². The van der Waals surface area contributed by atoms with Crippen molar-refractivity contribution in [1.82, 2.24) is 10.3 Å². The number of carbonyl (C=O) groups is 1. The van der Waals surface area contributed by atoms with Crippen LogP contribution in [0.4, 0.5) is 5.69 Å². The quantitative estimate of drug-likeness (QED) is 0.798. The number of rotatable bonds is 2. The SMILES string of the molecule is Cc1cc(N2CCNC(=O)C2C)c(CN)c(C)n1. The van der Waals surface area contributed by atoms with Gasteiger partial charge in [0.25, 0.3) is 0 Å². The molecule has 2 heterocycles. The van der Waals surface area contributed by atoms with Gasteiger partial charge in [-0.1, -0.05) is 0 Å². The maximum absolute atomic E-state index is 11.7. The largest absolute Gasteiger partial charge is 0.358 e. The van der Waals surface area contributed by atoms with E-state index in [0.717, 1.165) is 29.2 Å². The summed E-state index contributed by atoms with van der Waals surface area (Å²) in [6.45, 7) is 7.77. The predicted molar refractivity (Wildman–Crippen MR) is 71.4 cm³/mol. The van der Waals surface area contributed by atoms with Gasteiger partial charge in [0, 0.05) is 42.3 Å². The second kappa shape index (κ2) is 4.94. The van der Waals surface area contributed by atoms with E-state index in [9.17, 15) is 4.79 Å². The fourth-order valence-electron chi connectivity index (χ4n) is 2.45. The van der Waals surface area contributed by atoms with E-state index in [2.05, 4.69) is 15.2 Å². The van der Waals surface area contributed by atoms with Crippen molar-refractivity contribution in [3.63, 3.8) is 0 Å². The van der Waals surface area contributed by atoms with Crippen LogP contribution in [0, 0.1) is 13.8 Å². The molecule has 0 aromatic carbocycles. The van der Waals surface area contributed by atoms with Gasteiger partial charge in [0.1, 0.15) is 6.04 Å². The van der Waals surface area contributed by atoms with E-state index in [1.165, 1.54) is 0 Å². The van der Waals surface area contributed by atoms with Crippen LogP contribution in [0.3, 0.4) is 0 Å². The molecule has 1 aliphatic heterocycles. The monoisotopic (exact) mass is 248 g/mol. The normalized spacial score (nSPS) is 19.9. The average Bonchev–Trinajstić information content (AvgIpc) is 2.32. The highest BCUT2D eigenvalue weighted by Gasteiger charge is 2.27. The number of amides is 1. The molecule has 1 atom stereocenters. The van der Waals surface area contributed by atoms with Gasteiger partial charge in [-0.15, -0.1) is 0 Å². The number of nitrogens with zero attached hydrogens (tertiary/aromatic N) is 2. The minimum Gasteiger partial charge on any atom is -0.358 e. The van der Waals surface area contributed by atoms with Crippen LogP contribution >= 0.6 is 0 Å². The number of hydrogen-bond donors (Lipinski definition) is 2. The van der Waals surface area contributed by atoms with Crippen molar-refractivity contribution in [1.29, 1.82) is 0 Å². The highest BCUT2D eigenvalue weighted by Crippen LogP contribution is 2.26. The molecule has 2 rings (SSSR count). The molecule has 5 nitrogen and oxygen atoms in total. The molecule has 0 bridgehead atoms. The molecule has 0 aliphatic carbocycles. The van der Waals surface area contributed by atoms with Gasteiger partial charge in [0.05, 0.1) is 0 Å². The van der Waals surface area contributed by atoms with E-state index in [1.807, 2.05) is 26.8 Å². The highest BCUT2D eigenvalue weighted by molar-refractivity contribution is 5.86. The lowest BCUT2D eigenvalue weighted by atomic mass is 10.1. The van der Waals surface area contributed by atoms with Gasteiger partial charge in [0.15, 0.2) is 0 Å². The zero-order chi connectivity index (χ0) is 13.3. The summed E-state index contributed by atoms with van der Waals surface area (Å²) < 4.78 is 0. The molecule has 18 heavy (non-hydrogen) atoms. The first-order valence-electron chi connectivity index (χ1n) is 6.26. The number of pyridine rings is 1. The number of aromatic nitrogens is 1. The van der Waals surface area contributed by atoms with Crippen molar-refractivity contribution in [2.75, 3.05) is 18.0 Å². The second-order valence-electron chi connectivity index (χ2n) is 4.71. The number of aryl methyl sites for hydroxylation is 2. The number of piperazine rings is 1. The van der Waals surface area contributed by atoms with Crippen LogP contribution in [0.15, 0.2) is 6.07 Å². The summed E-state index contributed by atoms with van der Waals surface area (Å²) in [6, 6.07) is 1.86. The molecular formula is C13H20N4O. The fourth-order valence-corrected chi connectivity index (χ4v) is 2.45. The van der Waals surface area contributed by atoms with Crippen LogP contribution in [0.2, 0.25) is 0 Å². The first-order chi connectivity index (χ1) is 8.54. The zero-order valence-electron chi connectivity index (χ0n) is 11.2. The minimum absolute atomic E-state index is 0.0661. The molecule has 3 N–H and O–H groups in total. The van der Waals surface area contributed by atoms with E-state index in [1.54, 1.807) is 0 Å². The molecule has 1 saturated heterocycles. The Labute approximate surface area is 107 Å². The Morgan fingerprint density at radius 1 is 1.56 bits per heavy atom. The Bertz CT molecular complexity index is 472. The lowest BCUT2D eigenvalue weighted by molar-refractivity contribution is -0.122. The zero-order valence-corrected chi connectivity index (χ0v) is 11.2. The fraction of sp³-hybridized carbons (Fsp3) is 0.538. The summed E-state index contributed by atoms with van der Waals surface area (Å²) in [5.41, 5.74) is 9.80. The van der Waals surface area contributed by atoms with Crippen molar-refractivity contribution in [2.45, 2.75) is 33.4 Å². The molecule has 1 aromatic heterocycles. The first-order valence-corrected chi connectivity index (χ1v) is 6.26. The molecule has 98 valence electrons. The van der Waals surface area contributed by atoms with Crippen molar-refractivity contribution >= 4 is 11.6 Å².